The van der Waals surface area contributed by atoms with Crippen molar-refractivity contribution in [2.45, 2.75) is 39.4 Å². The van der Waals surface area contributed by atoms with Crippen molar-refractivity contribution < 1.29 is 18.7 Å². The van der Waals surface area contributed by atoms with Gasteiger partial charge in [-0.1, -0.05) is 6.07 Å². The van der Waals surface area contributed by atoms with Gasteiger partial charge in [0, 0.05) is 33.0 Å². The molecule has 1 fully saturated rings. The van der Waals surface area contributed by atoms with E-state index in [-0.39, 0.29) is 12.0 Å². The minimum atomic E-state index is -0.0630. The molecule has 3 rings (SSSR count). The van der Waals surface area contributed by atoms with E-state index in [1.165, 1.54) is 11.1 Å². The average Bonchev–Trinajstić information content (AvgIpc) is 3.07. The lowest BCUT2D eigenvalue weighted by molar-refractivity contribution is 0.0561. The molecule has 0 saturated carbocycles. The topological polar surface area (TPSA) is 51.9 Å². The second kappa shape index (κ2) is 7.74. The van der Waals surface area contributed by atoms with E-state index in [9.17, 15) is 4.79 Å². The Labute approximate surface area is 148 Å². The number of furan rings is 1. The van der Waals surface area contributed by atoms with Crippen molar-refractivity contribution in [3.63, 3.8) is 0 Å². The smallest absolute Gasteiger partial charge is 0.289 e. The number of nitrogens with zero attached hydrogens (tertiary/aromatic N) is 1. The third kappa shape index (κ3) is 4.23. The molecular weight excluding hydrogens is 318 g/mol. The first-order valence-corrected chi connectivity index (χ1v) is 8.67. The Balaban J connectivity index is 1.53. The van der Waals surface area contributed by atoms with Gasteiger partial charge in [0.2, 0.25) is 0 Å². The molecule has 1 aromatic carbocycles. The zero-order chi connectivity index (χ0) is 17.8. The third-order valence-corrected chi connectivity index (χ3v) is 4.67. The average molecular weight is 343 g/mol. The summed E-state index contributed by atoms with van der Waals surface area (Å²) in [6.45, 7) is 5.91. The molecule has 2 aromatic rings. The van der Waals surface area contributed by atoms with Gasteiger partial charge in [0.1, 0.15) is 24.2 Å². The van der Waals surface area contributed by atoms with Crippen LogP contribution in [0.25, 0.3) is 0 Å². The summed E-state index contributed by atoms with van der Waals surface area (Å²) in [7, 11) is 1.60. The maximum absolute atomic E-state index is 12.5. The quantitative estimate of drug-likeness (QED) is 0.830. The van der Waals surface area contributed by atoms with Crippen LogP contribution in [0, 0.1) is 13.8 Å². The number of methoxy groups -OCH3 is 1. The molecular formula is C20H25NO4. The molecule has 1 aliphatic rings. The molecule has 0 spiro atoms. The van der Waals surface area contributed by atoms with E-state index in [2.05, 4.69) is 26.0 Å². The monoisotopic (exact) mass is 343 g/mol. The Kier molecular flexibility index (Phi) is 5.43. The van der Waals surface area contributed by atoms with E-state index in [0.29, 0.717) is 31.2 Å². The first-order chi connectivity index (χ1) is 12.1. The van der Waals surface area contributed by atoms with Gasteiger partial charge >= 0.3 is 0 Å². The number of hydrogen-bond acceptors (Lipinski definition) is 4. The molecule has 1 aromatic heterocycles. The van der Waals surface area contributed by atoms with E-state index in [1.54, 1.807) is 19.2 Å². The van der Waals surface area contributed by atoms with Crippen molar-refractivity contribution in [1.82, 2.24) is 4.90 Å². The minimum Gasteiger partial charge on any atom is -0.490 e. The summed E-state index contributed by atoms with van der Waals surface area (Å²) in [6, 6.07) is 9.67. The van der Waals surface area contributed by atoms with E-state index < -0.39 is 0 Å². The maximum Gasteiger partial charge on any atom is 0.289 e. The van der Waals surface area contributed by atoms with Crippen LogP contribution in [0.2, 0.25) is 0 Å². The highest BCUT2D eigenvalue weighted by Gasteiger charge is 2.26. The first-order valence-electron chi connectivity index (χ1n) is 8.67. The van der Waals surface area contributed by atoms with Crippen LogP contribution in [-0.2, 0) is 11.3 Å². The minimum absolute atomic E-state index is 0.0630. The lowest BCUT2D eigenvalue weighted by Crippen LogP contribution is -2.41. The lowest BCUT2D eigenvalue weighted by Gasteiger charge is -2.31. The second-order valence-electron chi connectivity index (χ2n) is 6.55. The summed E-state index contributed by atoms with van der Waals surface area (Å²) in [5.74, 6) is 1.88. The van der Waals surface area contributed by atoms with Crippen molar-refractivity contribution in [3.8, 4) is 5.75 Å². The second-order valence-corrected chi connectivity index (χ2v) is 6.55. The summed E-state index contributed by atoms with van der Waals surface area (Å²) in [5.41, 5.74) is 2.49. The molecule has 5 heteroatoms. The summed E-state index contributed by atoms with van der Waals surface area (Å²) >= 11 is 0. The molecule has 0 aliphatic carbocycles. The van der Waals surface area contributed by atoms with Crippen LogP contribution in [0.5, 0.6) is 5.75 Å². The number of ether oxygens (including phenoxy) is 2. The fourth-order valence-corrected chi connectivity index (χ4v) is 3.02. The number of carbonyl (C=O) groups is 1. The Morgan fingerprint density at radius 1 is 1.16 bits per heavy atom. The van der Waals surface area contributed by atoms with E-state index in [4.69, 9.17) is 13.9 Å². The number of carbonyl (C=O) groups excluding carboxylic acids is 1. The zero-order valence-corrected chi connectivity index (χ0v) is 15.1. The Hall–Kier alpha value is -2.27. The zero-order valence-electron chi connectivity index (χ0n) is 15.1. The highest BCUT2D eigenvalue weighted by molar-refractivity contribution is 5.91. The summed E-state index contributed by atoms with van der Waals surface area (Å²) < 4.78 is 16.6. The molecule has 134 valence electrons. The van der Waals surface area contributed by atoms with E-state index in [1.807, 2.05) is 11.0 Å². The molecule has 0 bridgehead atoms. The Morgan fingerprint density at radius 2 is 1.92 bits per heavy atom. The van der Waals surface area contributed by atoms with Gasteiger partial charge < -0.3 is 18.8 Å². The molecule has 0 unspecified atom stereocenters. The molecule has 25 heavy (non-hydrogen) atoms. The van der Waals surface area contributed by atoms with Crippen LogP contribution in [-0.4, -0.2) is 37.1 Å². The van der Waals surface area contributed by atoms with Crippen LogP contribution in [0.3, 0.4) is 0 Å². The van der Waals surface area contributed by atoms with Crippen molar-refractivity contribution in [2.24, 2.45) is 0 Å². The van der Waals surface area contributed by atoms with Crippen molar-refractivity contribution in [3.05, 3.63) is 53.0 Å². The highest BCUT2D eigenvalue weighted by Crippen LogP contribution is 2.23. The molecule has 0 radical (unpaired) electrons. The van der Waals surface area contributed by atoms with Gasteiger partial charge in [-0.05, 0) is 49.2 Å². The standard InChI is InChI=1S/C20H25NO4/c1-14-4-5-17(12-15(14)2)24-16-8-10-21(11-9-16)20(22)19-7-6-18(25-19)13-23-3/h4-7,12,16H,8-11,13H2,1-3H3. The molecule has 0 atom stereocenters. The number of piperidine rings is 1. The number of amides is 1. The normalized spacial score (nSPS) is 15.4. The largest absolute Gasteiger partial charge is 0.490 e. The molecule has 1 aliphatic heterocycles. The van der Waals surface area contributed by atoms with Crippen LogP contribution in [0.4, 0.5) is 0 Å². The van der Waals surface area contributed by atoms with Gasteiger partial charge in [-0.15, -0.1) is 0 Å². The Morgan fingerprint density at radius 3 is 2.60 bits per heavy atom. The van der Waals surface area contributed by atoms with Crippen LogP contribution < -0.4 is 4.74 Å². The molecule has 5 nitrogen and oxygen atoms in total. The van der Waals surface area contributed by atoms with Crippen molar-refractivity contribution >= 4 is 5.91 Å². The van der Waals surface area contributed by atoms with E-state index in [0.717, 1.165) is 18.6 Å². The lowest BCUT2D eigenvalue weighted by atomic mass is 10.1. The SMILES string of the molecule is COCc1ccc(C(=O)N2CCC(Oc3ccc(C)c(C)c3)CC2)o1. The first kappa shape index (κ1) is 17.5. The molecule has 1 amide bonds. The van der Waals surface area contributed by atoms with Gasteiger partial charge in [0.05, 0.1) is 0 Å². The van der Waals surface area contributed by atoms with Gasteiger partial charge in [0.25, 0.3) is 5.91 Å². The highest BCUT2D eigenvalue weighted by atomic mass is 16.5. The van der Waals surface area contributed by atoms with Crippen molar-refractivity contribution in [2.75, 3.05) is 20.2 Å². The summed E-state index contributed by atoms with van der Waals surface area (Å²) in [6.07, 6.45) is 1.79. The number of benzene rings is 1. The Bertz CT molecular complexity index is 729. The predicted octanol–water partition coefficient (Wildman–Crippen LogP) is 3.73. The molecule has 2 heterocycles. The molecule has 1 saturated heterocycles. The number of likely N-dealkylation sites (tertiary alicyclic amines) is 1. The fourth-order valence-electron chi connectivity index (χ4n) is 3.02. The number of hydrogen-bond donors (Lipinski definition) is 0. The fraction of sp³-hybridized carbons (Fsp3) is 0.450. The van der Waals surface area contributed by atoms with Crippen LogP contribution in [0.15, 0.2) is 34.7 Å². The maximum atomic E-state index is 12.5. The number of rotatable bonds is 5. The predicted molar refractivity (Wildman–Crippen MR) is 94.9 cm³/mol. The van der Waals surface area contributed by atoms with E-state index >= 15 is 0 Å². The van der Waals surface area contributed by atoms with Crippen LogP contribution >= 0.6 is 0 Å². The van der Waals surface area contributed by atoms with Crippen molar-refractivity contribution in [1.29, 1.82) is 0 Å². The summed E-state index contributed by atoms with van der Waals surface area (Å²) in [4.78, 5) is 14.3. The van der Waals surface area contributed by atoms with Gasteiger partial charge in [0.15, 0.2) is 5.76 Å². The third-order valence-electron chi connectivity index (χ3n) is 4.67. The number of aryl methyl sites for hydroxylation is 2. The van der Waals surface area contributed by atoms with Gasteiger partial charge in [-0.25, -0.2) is 0 Å². The van der Waals surface area contributed by atoms with Crippen LogP contribution in [0.1, 0.15) is 40.3 Å². The summed E-state index contributed by atoms with van der Waals surface area (Å²) in [5, 5.41) is 0. The molecule has 0 N–H and O–H groups in total. The van der Waals surface area contributed by atoms with Gasteiger partial charge in [-0.3, -0.25) is 4.79 Å². The van der Waals surface area contributed by atoms with Gasteiger partial charge in [-0.2, -0.15) is 0 Å².